The summed E-state index contributed by atoms with van der Waals surface area (Å²) in [6.07, 6.45) is 4.14. The Labute approximate surface area is 110 Å². The van der Waals surface area contributed by atoms with E-state index in [-0.39, 0.29) is 0 Å². The molecule has 0 saturated heterocycles. The lowest BCUT2D eigenvalue weighted by Crippen LogP contribution is -2.14. The fraction of sp³-hybridized carbons (Fsp3) is 0.600. The molecule has 0 unspecified atom stereocenters. The van der Waals surface area contributed by atoms with Crippen molar-refractivity contribution in [1.82, 2.24) is 5.32 Å². The molecular weight excluding hydrogens is 226 g/mol. The first-order chi connectivity index (χ1) is 8.86. The molecule has 2 N–H and O–H groups in total. The maximum Gasteiger partial charge on any atom is 0.119 e. The van der Waals surface area contributed by atoms with Gasteiger partial charge in [0.15, 0.2) is 0 Å². The fourth-order valence-corrected chi connectivity index (χ4v) is 1.74. The van der Waals surface area contributed by atoms with Crippen molar-refractivity contribution >= 4 is 0 Å². The Bertz CT molecular complexity index is 315. The number of hydrogen-bond acceptors (Lipinski definition) is 3. The standard InChI is InChI=1S/C15H25NO2/c1-2-11-18-15-8-6-7-14(12-15)13-16-9-4-3-5-10-17/h6-8,12,16-17H,2-5,9-11,13H2,1H3. The third kappa shape index (κ3) is 6.62. The topological polar surface area (TPSA) is 41.5 Å². The van der Waals surface area contributed by atoms with Gasteiger partial charge in [0, 0.05) is 13.2 Å². The lowest BCUT2D eigenvalue weighted by molar-refractivity contribution is 0.283. The van der Waals surface area contributed by atoms with Gasteiger partial charge < -0.3 is 15.2 Å². The smallest absolute Gasteiger partial charge is 0.119 e. The van der Waals surface area contributed by atoms with Gasteiger partial charge >= 0.3 is 0 Å². The molecule has 18 heavy (non-hydrogen) atoms. The number of aliphatic hydroxyl groups excluding tert-OH is 1. The summed E-state index contributed by atoms with van der Waals surface area (Å²) in [7, 11) is 0. The van der Waals surface area contributed by atoms with Crippen LogP contribution in [0.25, 0.3) is 0 Å². The molecular formula is C15H25NO2. The van der Waals surface area contributed by atoms with Crippen LogP contribution in [-0.4, -0.2) is 24.9 Å². The number of rotatable bonds is 10. The molecule has 0 fully saturated rings. The minimum Gasteiger partial charge on any atom is -0.494 e. The summed E-state index contributed by atoms with van der Waals surface area (Å²) in [4.78, 5) is 0. The first-order valence-corrected chi connectivity index (χ1v) is 6.90. The van der Waals surface area contributed by atoms with E-state index in [0.717, 1.165) is 51.1 Å². The molecule has 1 rings (SSSR count). The third-order valence-corrected chi connectivity index (χ3v) is 2.71. The molecule has 0 aliphatic carbocycles. The van der Waals surface area contributed by atoms with Gasteiger partial charge in [0.25, 0.3) is 0 Å². The molecule has 3 heteroatoms. The van der Waals surface area contributed by atoms with Crippen molar-refractivity contribution in [2.24, 2.45) is 0 Å². The van der Waals surface area contributed by atoms with Crippen molar-refractivity contribution in [2.75, 3.05) is 19.8 Å². The van der Waals surface area contributed by atoms with E-state index >= 15 is 0 Å². The van der Waals surface area contributed by atoms with Crippen LogP contribution in [0.15, 0.2) is 24.3 Å². The van der Waals surface area contributed by atoms with E-state index in [1.807, 2.05) is 12.1 Å². The summed E-state index contributed by atoms with van der Waals surface area (Å²) in [5.41, 5.74) is 1.26. The minimum absolute atomic E-state index is 0.302. The molecule has 0 bridgehead atoms. The number of ether oxygens (including phenoxy) is 1. The van der Waals surface area contributed by atoms with Gasteiger partial charge in [0.2, 0.25) is 0 Å². The second kappa shape index (κ2) is 9.92. The molecule has 3 nitrogen and oxygen atoms in total. The number of benzene rings is 1. The summed E-state index contributed by atoms with van der Waals surface area (Å²) in [5, 5.41) is 12.1. The average molecular weight is 251 g/mol. The van der Waals surface area contributed by atoms with Crippen LogP contribution in [0.1, 0.15) is 38.2 Å². The largest absolute Gasteiger partial charge is 0.494 e. The molecule has 0 radical (unpaired) electrons. The molecule has 0 aliphatic rings. The Hall–Kier alpha value is -1.06. The Balaban J connectivity index is 2.20. The molecule has 0 aliphatic heterocycles. The van der Waals surface area contributed by atoms with Crippen molar-refractivity contribution in [3.63, 3.8) is 0 Å². The van der Waals surface area contributed by atoms with Gasteiger partial charge in [-0.15, -0.1) is 0 Å². The van der Waals surface area contributed by atoms with Gasteiger partial charge in [0.05, 0.1) is 6.61 Å². The average Bonchev–Trinajstić information content (AvgIpc) is 2.41. The first kappa shape index (κ1) is 15.0. The highest BCUT2D eigenvalue weighted by Crippen LogP contribution is 2.13. The molecule has 1 aromatic carbocycles. The van der Waals surface area contributed by atoms with Gasteiger partial charge in [0.1, 0.15) is 5.75 Å². The van der Waals surface area contributed by atoms with Crippen molar-refractivity contribution in [3.8, 4) is 5.75 Å². The number of aliphatic hydroxyl groups is 1. The highest BCUT2D eigenvalue weighted by atomic mass is 16.5. The Morgan fingerprint density at radius 3 is 2.89 bits per heavy atom. The van der Waals surface area contributed by atoms with Gasteiger partial charge in [-0.2, -0.15) is 0 Å². The Morgan fingerprint density at radius 2 is 2.11 bits per heavy atom. The quantitative estimate of drug-likeness (QED) is 0.628. The van der Waals surface area contributed by atoms with Crippen LogP contribution < -0.4 is 10.1 Å². The van der Waals surface area contributed by atoms with Gasteiger partial charge in [-0.05, 0) is 49.9 Å². The predicted octanol–water partition coefficient (Wildman–Crippen LogP) is 2.73. The van der Waals surface area contributed by atoms with Crippen molar-refractivity contribution in [2.45, 2.75) is 39.2 Å². The van der Waals surface area contributed by atoms with E-state index in [0.29, 0.717) is 6.61 Å². The van der Waals surface area contributed by atoms with Crippen molar-refractivity contribution in [1.29, 1.82) is 0 Å². The zero-order valence-corrected chi connectivity index (χ0v) is 11.3. The molecule has 0 atom stereocenters. The number of unbranched alkanes of at least 4 members (excludes halogenated alkanes) is 2. The molecule has 1 aromatic rings. The zero-order valence-electron chi connectivity index (χ0n) is 11.3. The number of nitrogens with one attached hydrogen (secondary N) is 1. The molecule has 102 valence electrons. The highest BCUT2D eigenvalue weighted by Gasteiger charge is 1.96. The molecule has 0 amide bonds. The monoisotopic (exact) mass is 251 g/mol. The maximum absolute atomic E-state index is 8.67. The summed E-state index contributed by atoms with van der Waals surface area (Å²) in [5.74, 6) is 0.955. The van der Waals surface area contributed by atoms with E-state index in [1.54, 1.807) is 0 Å². The van der Waals surface area contributed by atoms with Crippen LogP contribution in [0.5, 0.6) is 5.75 Å². The molecule has 0 aromatic heterocycles. The first-order valence-electron chi connectivity index (χ1n) is 6.90. The summed E-state index contributed by atoms with van der Waals surface area (Å²) in [6.45, 7) is 5.06. The van der Waals surface area contributed by atoms with Gasteiger partial charge in [-0.1, -0.05) is 19.1 Å². The second-order valence-corrected chi connectivity index (χ2v) is 4.46. The summed E-state index contributed by atoms with van der Waals surface area (Å²) in [6, 6.07) is 8.24. The SMILES string of the molecule is CCCOc1cccc(CNCCCCCO)c1. The van der Waals surface area contributed by atoms with Crippen LogP contribution in [0, 0.1) is 0 Å². The molecule has 0 heterocycles. The number of hydrogen-bond donors (Lipinski definition) is 2. The van der Waals surface area contributed by atoms with Crippen LogP contribution in [0.4, 0.5) is 0 Å². The second-order valence-electron chi connectivity index (χ2n) is 4.46. The van der Waals surface area contributed by atoms with Crippen molar-refractivity contribution < 1.29 is 9.84 Å². The van der Waals surface area contributed by atoms with Crippen LogP contribution in [0.2, 0.25) is 0 Å². The predicted molar refractivity (Wildman–Crippen MR) is 74.9 cm³/mol. The van der Waals surface area contributed by atoms with E-state index in [9.17, 15) is 0 Å². The van der Waals surface area contributed by atoms with E-state index < -0.39 is 0 Å². The third-order valence-electron chi connectivity index (χ3n) is 2.71. The van der Waals surface area contributed by atoms with E-state index in [4.69, 9.17) is 9.84 Å². The highest BCUT2D eigenvalue weighted by molar-refractivity contribution is 5.28. The van der Waals surface area contributed by atoms with Gasteiger partial charge in [-0.25, -0.2) is 0 Å². The van der Waals surface area contributed by atoms with Crippen LogP contribution >= 0.6 is 0 Å². The molecule has 0 saturated carbocycles. The Kier molecular flexibility index (Phi) is 8.26. The van der Waals surface area contributed by atoms with Crippen molar-refractivity contribution in [3.05, 3.63) is 29.8 Å². The Morgan fingerprint density at radius 1 is 1.22 bits per heavy atom. The maximum atomic E-state index is 8.67. The lowest BCUT2D eigenvalue weighted by atomic mass is 10.2. The van der Waals surface area contributed by atoms with E-state index in [1.165, 1.54) is 5.56 Å². The zero-order chi connectivity index (χ0) is 13.1. The summed E-state index contributed by atoms with van der Waals surface area (Å²) < 4.78 is 5.60. The fourth-order valence-electron chi connectivity index (χ4n) is 1.74. The normalized spacial score (nSPS) is 10.6. The lowest BCUT2D eigenvalue weighted by Gasteiger charge is -2.08. The van der Waals surface area contributed by atoms with Gasteiger partial charge in [-0.3, -0.25) is 0 Å². The van der Waals surface area contributed by atoms with Crippen LogP contribution in [0.3, 0.4) is 0 Å². The van der Waals surface area contributed by atoms with E-state index in [2.05, 4.69) is 24.4 Å². The minimum atomic E-state index is 0.302. The van der Waals surface area contributed by atoms with Crippen LogP contribution in [-0.2, 0) is 6.54 Å². The molecule has 0 spiro atoms. The summed E-state index contributed by atoms with van der Waals surface area (Å²) >= 11 is 0.